The smallest absolute Gasteiger partial charge is 0.268 e. The molecule has 0 saturated heterocycles. The fraction of sp³-hybridized carbons (Fsp3) is 0.176. The van der Waals surface area contributed by atoms with Crippen molar-refractivity contribution in [1.82, 2.24) is 24.3 Å². The van der Waals surface area contributed by atoms with Gasteiger partial charge in [0.2, 0.25) is 0 Å². The molecule has 0 aromatic carbocycles. The Kier molecular flexibility index (Phi) is 4.45. The maximum Gasteiger partial charge on any atom is 0.268 e. The second-order valence-electron chi connectivity index (χ2n) is 5.03. The van der Waals surface area contributed by atoms with Crippen molar-refractivity contribution in [3.8, 4) is 17.5 Å². The van der Waals surface area contributed by atoms with Crippen LogP contribution in [0.2, 0.25) is 5.15 Å². The third-order valence-electron chi connectivity index (χ3n) is 3.38. The molecule has 3 aromatic heterocycles. The fourth-order valence-electron chi connectivity index (χ4n) is 2.20. The molecule has 0 unspecified atom stereocenters. The Hall–Kier alpha value is -2.91. The Bertz CT molecular complexity index is 1010. The summed E-state index contributed by atoms with van der Waals surface area (Å²) in [6.07, 6.45) is 5.02. The van der Waals surface area contributed by atoms with Gasteiger partial charge < -0.3 is 4.57 Å². The van der Waals surface area contributed by atoms with Gasteiger partial charge in [-0.25, -0.2) is 14.6 Å². The van der Waals surface area contributed by atoms with Crippen molar-refractivity contribution in [3.63, 3.8) is 0 Å². The first-order valence-corrected chi connectivity index (χ1v) is 7.71. The van der Waals surface area contributed by atoms with E-state index in [0.717, 1.165) is 11.4 Å². The molecular formula is C17H14ClN5O. The molecule has 0 N–H and O–H groups in total. The Balaban J connectivity index is 1.94. The standard InChI is InChI=1S/C17H14ClN5O/c1-3-23-17(24)9-15(10-20-23)22-11-14(21-12(22)2)5-4-13-6-7-19-16(18)8-13/h6-11H,3H2,1-2H3. The molecule has 120 valence electrons. The topological polar surface area (TPSA) is 65.6 Å². The average Bonchev–Trinajstić information content (AvgIpc) is 2.94. The largest absolute Gasteiger partial charge is 0.301 e. The molecule has 0 spiro atoms. The molecule has 3 rings (SSSR count). The average molecular weight is 340 g/mol. The summed E-state index contributed by atoms with van der Waals surface area (Å²) in [6.45, 7) is 4.25. The van der Waals surface area contributed by atoms with Crippen LogP contribution in [-0.4, -0.2) is 24.3 Å². The van der Waals surface area contributed by atoms with E-state index in [1.165, 1.54) is 10.7 Å². The molecule has 0 aliphatic rings. The van der Waals surface area contributed by atoms with E-state index in [4.69, 9.17) is 11.6 Å². The van der Waals surface area contributed by atoms with Gasteiger partial charge in [-0.05, 0) is 31.9 Å². The van der Waals surface area contributed by atoms with Crippen LogP contribution in [0, 0.1) is 18.8 Å². The zero-order valence-electron chi connectivity index (χ0n) is 13.2. The molecule has 24 heavy (non-hydrogen) atoms. The van der Waals surface area contributed by atoms with Crippen LogP contribution in [-0.2, 0) is 6.54 Å². The van der Waals surface area contributed by atoms with E-state index in [9.17, 15) is 4.79 Å². The minimum absolute atomic E-state index is 0.151. The lowest BCUT2D eigenvalue weighted by Crippen LogP contribution is -2.21. The minimum Gasteiger partial charge on any atom is -0.301 e. The molecule has 7 heteroatoms. The molecule has 0 fully saturated rings. The molecule has 3 heterocycles. The highest BCUT2D eigenvalue weighted by Crippen LogP contribution is 2.10. The number of aryl methyl sites for hydroxylation is 2. The van der Waals surface area contributed by atoms with E-state index in [1.54, 1.807) is 35.3 Å². The van der Waals surface area contributed by atoms with E-state index < -0.39 is 0 Å². The van der Waals surface area contributed by atoms with Crippen LogP contribution in [0.1, 0.15) is 24.0 Å². The van der Waals surface area contributed by atoms with Gasteiger partial charge in [-0.15, -0.1) is 0 Å². The summed E-state index contributed by atoms with van der Waals surface area (Å²) in [7, 11) is 0. The summed E-state index contributed by atoms with van der Waals surface area (Å²) in [4.78, 5) is 20.2. The number of hydrogen-bond donors (Lipinski definition) is 0. The predicted octanol–water partition coefficient (Wildman–Crippen LogP) is 2.21. The maximum absolute atomic E-state index is 11.9. The van der Waals surface area contributed by atoms with Gasteiger partial charge in [0.1, 0.15) is 16.7 Å². The van der Waals surface area contributed by atoms with Gasteiger partial charge in [0.15, 0.2) is 0 Å². The van der Waals surface area contributed by atoms with Gasteiger partial charge in [-0.3, -0.25) is 4.79 Å². The zero-order valence-corrected chi connectivity index (χ0v) is 13.9. The molecule has 0 aliphatic heterocycles. The Labute approximate surface area is 143 Å². The van der Waals surface area contributed by atoms with Crippen molar-refractivity contribution in [2.24, 2.45) is 0 Å². The highest BCUT2D eigenvalue weighted by molar-refractivity contribution is 6.29. The Morgan fingerprint density at radius 2 is 2.12 bits per heavy atom. The summed E-state index contributed by atoms with van der Waals surface area (Å²) in [5.74, 6) is 6.70. The van der Waals surface area contributed by atoms with Crippen molar-refractivity contribution in [2.45, 2.75) is 20.4 Å². The highest BCUT2D eigenvalue weighted by Gasteiger charge is 2.06. The Morgan fingerprint density at radius 1 is 1.29 bits per heavy atom. The number of pyridine rings is 1. The summed E-state index contributed by atoms with van der Waals surface area (Å²) < 4.78 is 3.18. The normalized spacial score (nSPS) is 10.3. The van der Waals surface area contributed by atoms with E-state index >= 15 is 0 Å². The molecule has 0 aliphatic carbocycles. The third kappa shape index (κ3) is 3.36. The molecule has 0 amide bonds. The van der Waals surface area contributed by atoms with Crippen LogP contribution in [0.15, 0.2) is 41.6 Å². The quantitative estimate of drug-likeness (QED) is 0.530. The number of aromatic nitrogens is 5. The van der Waals surface area contributed by atoms with Crippen LogP contribution in [0.5, 0.6) is 0 Å². The highest BCUT2D eigenvalue weighted by atomic mass is 35.5. The molecule has 6 nitrogen and oxygen atoms in total. The number of rotatable bonds is 2. The summed E-state index contributed by atoms with van der Waals surface area (Å²) in [6, 6.07) is 4.99. The lowest BCUT2D eigenvalue weighted by molar-refractivity contribution is 0.612. The SMILES string of the molecule is CCn1ncc(-n2cc(C#Cc3ccnc(Cl)c3)nc2C)cc1=O. The van der Waals surface area contributed by atoms with E-state index in [2.05, 4.69) is 26.9 Å². The minimum atomic E-state index is -0.151. The number of nitrogens with zero attached hydrogens (tertiary/aromatic N) is 5. The van der Waals surface area contributed by atoms with Crippen molar-refractivity contribution < 1.29 is 0 Å². The van der Waals surface area contributed by atoms with Crippen molar-refractivity contribution in [1.29, 1.82) is 0 Å². The summed E-state index contributed by atoms with van der Waals surface area (Å²) >= 11 is 5.84. The maximum atomic E-state index is 11.9. The number of imidazole rings is 1. The van der Waals surface area contributed by atoms with Crippen molar-refractivity contribution >= 4 is 11.6 Å². The lowest BCUT2D eigenvalue weighted by Gasteiger charge is -2.05. The summed E-state index contributed by atoms with van der Waals surface area (Å²) in [5, 5.41) is 4.52. The molecule has 0 radical (unpaired) electrons. The molecular weight excluding hydrogens is 326 g/mol. The zero-order chi connectivity index (χ0) is 17.1. The van der Waals surface area contributed by atoms with Crippen LogP contribution in [0.4, 0.5) is 0 Å². The second kappa shape index (κ2) is 6.69. The van der Waals surface area contributed by atoms with E-state index in [1.807, 2.05) is 13.8 Å². The third-order valence-corrected chi connectivity index (χ3v) is 3.58. The molecule has 3 aromatic rings. The van der Waals surface area contributed by atoms with Crippen LogP contribution < -0.4 is 5.56 Å². The van der Waals surface area contributed by atoms with Crippen LogP contribution in [0.3, 0.4) is 0 Å². The van der Waals surface area contributed by atoms with Gasteiger partial charge in [0.05, 0.1) is 11.9 Å². The second-order valence-corrected chi connectivity index (χ2v) is 5.42. The number of halogens is 1. The van der Waals surface area contributed by atoms with Gasteiger partial charge in [0, 0.05) is 30.6 Å². The first-order valence-electron chi connectivity index (χ1n) is 7.34. The monoisotopic (exact) mass is 339 g/mol. The van der Waals surface area contributed by atoms with Crippen LogP contribution >= 0.6 is 11.6 Å². The molecule has 0 bridgehead atoms. The molecule has 0 atom stereocenters. The first kappa shape index (κ1) is 16.0. The Morgan fingerprint density at radius 3 is 2.83 bits per heavy atom. The molecule has 0 saturated carbocycles. The van der Waals surface area contributed by atoms with E-state index in [-0.39, 0.29) is 5.56 Å². The fourth-order valence-corrected chi connectivity index (χ4v) is 2.38. The first-order chi connectivity index (χ1) is 11.6. The summed E-state index contributed by atoms with van der Waals surface area (Å²) in [5.41, 5.74) is 1.87. The van der Waals surface area contributed by atoms with Gasteiger partial charge in [-0.1, -0.05) is 17.5 Å². The van der Waals surface area contributed by atoms with Gasteiger partial charge in [-0.2, -0.15) is 5.10 Å². The van der Waals surface area contributed by atoms with Crippen molar-refractivity contribution in [2.75, 3.05) is 0 Å². The van der Waals surface area contributed by atoms with Gasteiger partial charge >= 0.3 is 0 Å². The van der Waals surface area contributed by atoms with Crippen LogP contribution in [0.25, 0.3) is 5.69 Å². The number of hydrogen-bond acceptors (Lipinski definition) is 4. The van der Waals surface area contributed by atoms with Gasteiger partial charge in [0.25, 0.3) is 5.56 Å². The predicted molar refractivity (Wildman–Crippen MR) is 91.3 cm³/mol. The van der Waals surface area contributed by atoms with Crippen molar-refractivity contribution in [3.05, 3.63) is 69.4 Å². The lowest BCUT2D eigenvalue weighted by atomic mass is 10.2. The van der Waals surface area contributed by atoms with E-state index in [0.29, 0.717) is 23.1 Å².